The van der Waals surface area contributed by atoms with Crippen LogP contribution < -0.4 is 22.2 Å². The summed E-state index contributed by atoms with van der Waals surface area (Å²) < 4.78 is 6.38. The highest BCUT2D eigenvalue weighted by molar-refractivity contribution is 5.68. The molecule has 4 heteroatoms. The Bertz CT molecular complexity index is 690. The molecule has 2 atom stereocenters. The van der Waals surface area contributed by atoms with Crippen LogP contribution in [0.4, 0.5) is 0 Å². The molecule has 2 unspecified atom stereocenters. The van der Waals surface area contributed by atoms with E-state index in [1.165, 1.54) is 0 Å². The van der Waals surface area contributed by atoms with Gasteiger partial charge in [-0.1, -0.05) is 18.2 Å². The van der Waals surface area contributed by atoms with Gasteiger partial charge in [-0.25, -0.2) is 4.59 Å². The van der Waals surface area contributed by atoms with Gasteiger partial charge < -0.3 is 10.2 Å². The monoisotopic (exact) mass is 258 g/mol. The third-order valence-corrected chi connectivity index (χ3v) is 3.65. The number of nitrogens with zero attached hydrogens (tertiary/aromatic N) is 1. The summed E-state index contributed by atoms with van der Waals surface area (Å²) in [6.45, 7) is 3.51. The molecule has 0 radical (unpaired) electrons. The minimum Gasteiger partial charge on any atom is -0.456 e. The zero-order chi connectivity index (χ0) is 13.7. The molecule has 0 saturated heterocycles. The number of nitrogens with two attached hydrogens (primary N) is 2. The van der Waals surface area contributed by atoms with Gasteiger partial charge in [0.05, 0.1) is 12.6 Å². The molecule has 2 aliphatic rings. The highest BCUT2D eigenvalue weighted by Crippen LogP contribution is 2.18. The van der Waals surface area contributed by atoms with Crippen LogP contribution in [-0.2, 0) is 0 Å². The number of rotatable bonds is 0. The first-order valence-electron chi connectivity index (χ1n) is 6.50. The van der Waals surface area contributed by atoms with Gasteiger partial charge in [-0.05, 0) is 19.1 Å². The fourth-order valence-corrected chi connectivity index (χ4v) is 2.39. The van der Waals surface area contributed by atoms with Crippen molar-refractivity contribution in [2.75, 3.05) is 20.1 Å². The summed E-state index contributed by atoms with van der Waals surface area (Å²) >= 11 is 0. The molecule has 0 amide bonds. The largest absolute Gasteiger partial charge is 0.456 e. The Hall–Kier alpha value is -1.62. The minimum atomic E-state index is -0.429. The quantitative estimate of drug-likeness (QED) is 0.506. The van der Waals surface area contributed by atoms with Crippen LogP contribution in [0.2, 0.25) is 0 Å². The Morgan fingerprint density at radius 1 is 1.21 bits per heavy atom. The van der Waals surface area contributed by atoms with Crippen LogP contribution in [0, 0.1) is 0 Å². The predicted molar refractivity (Wildman–Crippen MR) is 77.7 cm³/mol. The molecule has 2 heterocycles. The summed E-state index contributed by atoms with van der Waals surface area (Å²) in [6, 6.07) is 0. The first-order chi connectivity index (χ1) is 8.86. The van der Waals surface area contributed by atoms with Crippen molar-refractivity contribution in [3.05, 3.63) is 34.1 Å². The standard InChI is InChI=1S/C15H20N3O/c1-15(16)7-3-11-12-5-9-18(2,17)10-6-14(12)19-13(11)4-8-15/h3-8H,9-10,16-17H2,1-2H3/q+1. The predicted octanol–water partition coefficient (Wildman–Crippen LogP) is -0.0681. The zero-order valence-corrected chi connectivity index (χ0v) is 11.4. The van der Waals surface area contributed by atoms with Gasteiger partial charge in [-0.3, -0.25) is 0 Å². The summed E-state index contributed by atoms with van der Waals surface area (Å²) in [5.41, 5.74) is 7.69. The average molecular weight is 258 g/mol. The van der Waals surface area contributed by atoms with Crippen molar-refractivity contribution in [3.63, 3.8) is 0 Å². The van der Waals surface area contributed by atoms with Crippen LogP contribution in [0.5, 0.6) is 0 Å². The molecule has 3 rings (SSSR count). The van der Waals surface area contributed by atoms with E-state index >= 15 is 0 Å². The first kappa shape index (κ1) is 12.4. The summed E-state index contributed by atoms with van der Waals surface area (Å²) in [7, 11) is 2.00. The normalized spacial score (nSPS) is 32.6. The Balaban J connectivity index is 2.20. The van der Waals surface area contributed by atoms with Gasteiger partial charge in [0.1, 0.15) is 24.3 Å². The van der Waals surface area contributed by atoms with Crippen LogP contribution >= 0.6 is 0 Å². The van der Waals surface area contributed by atoms with Crippen LogP contribution in [0.1, 0.15) is 18.2 Å². The lowest BCUT2D eigenvalue weighted by atomic mass is 10.0. The van der Waals surface area contributed by atoms with Crippen LogP contribution in [0.3, 0.4) is 0 Å². The van der Waals surface area contributed by atoms with Crippen molar-refractivity contribution in [2.45, 2.75) is 12.5 Å². The minimum absolute atomic E-state index is 0.429. The molecule has 4 nitrogen and oxygen atoms in total. The summed E-state index contributed by atoms with van der Waals surface area (Å²) in [5.74, 6) is 7.02. The SMILES string of the molecule is CC1(N)C=Cc2oc3c(c2C=C1)=CC[N+](C)(N)CC=3. The lowest BCUT2D eigenvalue weighted by Crippen LogP contribution is -2.50. The van der Waals surface area contributed by atoms with Crippen molar-refractivity contribution in [3.8, 4) is 0 Å². The van der Waals surface area contributed by atoms with Crippen molar-refractivity contribution >= 4 is 24.3 Å². The number of quaternary nitrogens is 1. The molecule has 1 aromatic rings. The van der Waals surface area contributed by atoms with Gasteiger partial charge in [0.25, 0.3) is 0 Å². The summed E-state index contributed by atoms with van der Waals surface area (Å²) in [5, 5.41) is 1.13. The lowest BCUT2D eigenvalue weighted by molar-refractivity contribution is -0.905. The second-order valence-corrected chi connectivity index (χ2v) is 5.94. The third kappa shape index (κ3) is 2.30. The van der Waals surface area contributed by atoms with E-state index in [9.17, 15) is 0 Å². The molecule has 1 aliphatic carbocycles. The van der Waals surface area contributed by atoms with E-state index in [2.05, 4.69) is 12.2 Å². The van der Waals surface area contributed by atoms with E-state index in [0.717, 1.165) is 35.0 Å². The van der Waals surface area contributed by atoms with E-state index < -0.39 is 5.54 Å². The van der Waals surface area contributed by atoms with Gasteiger partial charge >= 0.3 is 0 Å². The molecule has 100 valence electrons. The topological polar surface area (TPSA) is 65.2 Å². The van der Waals surface area contributed by atoms with Crippen molar-refractivity contribution in [1.29, 1.82) is 0 Å². The zero-order valence-electron chi connectivity index (χ0n) is 11.4. The first-order valence-corrected chi connectivity index (χ1v) is 6.50. The van der Waals surface area contributed by atoms with E-state index in [0.29, 0.717) is 4.59 Å². The third-order valence-electron chi connectivity index (χ3n) is 3.65. The van der Waals surface area contributed by atoms with E-state index in [4.69, 9.17) is 16.0 Å². The Morgan fingerprint density at radius 2 is 1.89 bits per heavy atom. The fraction of sp³-hybridized carbons (Fsp3) is 0.333. The molecule has 1 aromatic heterocycles. The average Bonchev–Trinajstić information content (AvgIpc) is 2.49. The summed E-state index contributed by atoms with van der Waals surface area (Å²) in [4.78, 5) is 0. The van der Waals surface area contributed by atoms with Gasteiger partial charge in [0, 0.05) is 16.9 Å². The van der Waals surface area contributed by atoms with E-state index in [1.807, 2.05) is 38.3 Å². The van der Waals surface area contributed by atoms with Gasteiger partial charge in [-0.2, -0.15) is 5.84 Å². The molecule has 19 heavy (non-hydrogen) atoms. The maximum Gasteiger partial charge on any atom is 0.136 e. The second kappa shape index (κ2) is 3.93. The lowest BCUT2D eigenvalue weighted by Gasteiger charge is -2.23. The van der Waals surface area contributed by atoms with E-state index in [1.54, 1.807) is 0 Å². The maximum absolute atomic E-state index is 6.15. The Morgan fingerprint density at radius 3 is 2.68 bits per heavy atom. The molecular formula is C15H20N3O+. The van der Waals surface area contributed by atoms with Crippen molar-refractivity contribution < 1.29 is 9.01 Å². The molecule has 0 bridgehead atoms. The maximum atomic E-state index is 6.15. The van der Waals surface area contributed by atoms with Crippen molar-refractivity contribution in [2.24, 2.45) is 11.6 Å². The van der Waals surface area contributed by atoms with Crippen LogP contribution in [0.25, 0.3) is 24.3 Å². The highest BCUT2D eigenvalue weighted by Gasteiger charge is 2.20. The van der Waals surface area contributed by atoms with Crippen LogP contribution in [-0.4, -0.2) is 30.3 Å². The smallest absolute Gasteiger partial charge is 0.136 e. The van der Waals surface area contributed by atoms with Gasteiger partial charge in [-0.15, -0.1) is 0 Å². The number of hydrogen-bond acceptors (Lipinski definition) is 3. The number of fused-ring (bicyclic) bond motifs is 3. The molecule has 0 aromatic carbocycles. The van der Waals surface area contributed by atoms with Gasteiger partial charge in [0.2, 0.25) is 0 Å². The summed E-state index contributed by atoms with van der Waals surface area (Å²) in [6.07, 6.45) is 12.2. The Labute approximate surface area is 112 Å². The molecule has 0 saturated carbocycles. The molecule has 0 spiro atoms. The van der Waals surface area contributed by atoms with Crippen LogP contribution in [0.15, 0.2) is 16.6 Å². The van der Waals surface area contributed by atoms with Gasteiger partial charge in [0.15, 0.2) is 0 Å². The fourth-order valence-electron chi connectivity index (χ4n) is 2.39. The molecule has 4 N–H and O–H groups in total. The number of hydrogen-bond donors (Lipinski definition) is 2. The molecule has 1 aliphatic heterocycles. The van der Waals surface area contributed by atoms with Crippen molar-refractivity contribution in [1.82, 2.24) is 0 Å². The van der Waals surface area contributed by atoms with E-state index in [-0.39, 0.29) is 0 Å². The molecular weight excluding hydrogens is 238 g/mol. The second-order valence-electron chi connectivity index (χ2n) is 5.94. The number of furan rings is 1. The molecule has 0 fully saturated rings. The highest BCUT2D eigenvalue weighted by atomic mass is 16.3. The Kier molecular flexibility index (Phi) is 2.57.